The first-order chi connectivity index (χ1) is 8.66. The van der Waals surface area contributed by atoms with Gasteiger partial charge in [0.15, 0.2) is 0 Å². The fourth-order valence-corrected chi connectivity index (χ4v) is 3.81. The van der Waals surface area contributed by atoms with Crippen LogP contribution in [0.2, 0.25) is 0 Å². The van der Waals surface area contributed by atoms with Crippen LogP contribution < -0.4 is 5.73 Å². The van der Waals surface area contributed by atoms with Crippen molar-refractivity contribution in [3.05, 3.63) is 0 Å². The lowest BCUT2D eigenvalue weighted by atomic mass is 9.67. The van der Waals surface area contributed by atoms with Crippen LogP contribution in [0.5, 0.6) is 0 Å². The monoisotopic (exact) mass is 251 g/mol. The number of hydrogen-bond donors (Lipinski definition) is 1. The van der Waals surface area contributed by atoms with Crippen molar-refractivity contribution in [2.75, 3.05) is 6.54 Å². The highest BCUT2D eigenvalue weighted by atomic mass is 16.1. The molecule has 2 saturated carbocycles. The Balaban J connectivity index is 1.84. The van der Waals surface area contributed by atoms with Crippen LogP contribution in [0, 0.1) is 17.3 Å². The van der Waals surface area contributed by atoms with Crippen molar-refractivity contribution in [1.82, 2.24) is 0 Å². The maximum absolute atomic E-state index is 12.5. The number of rotatable bonds is 5. The molecule has 18 heavy (non-hydrogen) atoms. The SMILES string of the molecule is CC1CCC(CN)(C(=O)CCC2CCCC2)CC1. The summed E-state index contributed by atoms with van der Waals surface area (Å²) >= 11 is 0. The smallest absolute Gasteiger partial charge is 0.140 e. The lowest BCUT2D eigenvalue weighted by Gasteiger charge is -2.37. The molecule has 0 saturated heterocycles. The quantitative estimate of drug-likeness (QED) is 0.810. The molecule has 2 aliphatic carbocycles. The van der Waals surface area contributed by atoms with E-state index >= 15 is 0 Å². The summed E-state index contributed by atoms with van der Waals surface area (Å²) in [5.41, 5.74) is 5.80. The van der Waals surface area contributed by atoms with Crippen molar-refractivity contribution in [3.63, 3.8) is 0 Å². The lowest BCUT2D eigenvalue weighted by Crippen LogP contribution is -2.41. The van der Waals surface area contributed by atoms with E-state index in [0.717, 1.165) is 37.5 Å². The van der Waals surface area contributed by atoms with Crippen LogP contribution in [0.3, 0.4) is 0 Å². The van der Waals surface area contributed by atoms with Crippen LogP contribution in [0.25, 0.3) is 0 Å². The fourth-order valence-electron chi connectivity index (χ4n) is 3.81. The molecule has 2 N–H and O–H groups in total. The van der Waals surface area contributed by atoms with E-state index in [4.69, 9.17) is 5.73 Å². The average molecular weight is 251 g/mol. The number of ketones is 1. The molecule has 2 fully saturated rings. The topological polar surface area (TPSA) is 43.1 Å². The van der Waals surface area contributed by atoms with Gasteiger partial charge in [0, 0.05) is 18.4 Å². The molecule has 2 nitrogen and oxygen atoms in total. The maximum Gasteiger partial charge on any atom is 0.140 e. The Labute approximate surface area is 112 Å². The molecule has 2 rings (SSSR count). The summed E-state index contributed by atoms with van der Waals surface area (Å²) in [5.74, 6) is 2.09. The summed E-state index contributed by atoms with van der Waals surface area (Å²) in [6, 6.07) is 0. The summed E-state index contributed by atoms with van der Waals surface area (Å²) in [7, 11) is 0. The van der Waals surface area contributed by atoms with Crippen LogP contribution in [-0.4, -0.2) is 12.3 Å². The number of Topliss-reactive ketones (excluding diaryl/α,β-unsaturated/α-hetero) is 1. The fraction of sp³-hybridized carbons (Fsp3) is 0.938. The highest BCUT2D eigenvalue weighted by Crippen LogP contribution is 2.40. The second-order valence-electron chi connectivity index (χ2n) is 6.78. The van der Waals surface area contributed by atoms with Gasteiger partial charge >= 0.3 is 0 Å². The van der Waals surface area contributed by atoms with Gasteiger partial charge in [0.05, 0.1) is 0 Å². The maximum atomic E-state index is 12.5. The van der Waals surface area contributed by atoms with E-state index < -0.39 is 0 Å². The Kier molecular flexibility index (Phi) is 4.83. The Morgan fingerprint density at radius 1 is 1.17 bits per heavy atom. The molecule has 104 valence electrons. The van der Waals surface area contributed by atoms with Gasteiger partial charge in [-0.1, -0.05) is 32.6 Å². The van der Waals surface area contributed by atoms with E-state index in [1.807, 2.05) is 0 Å². The molecule has 0 bridgehead atoms. The third-order valence-corrected chi connectivity index (χ3v) is 5.47. The standard InChI is InChI=1S/C16H29NO/c1-13-8-10-16(12-17,11-9-13)15(18)7-6-14-4-2-3-5-14/h13-14H,2-12,17H2,1H3. The summed E-state index contributed by atoms with van der Waals surface area (Å²) < 4.78 is 0. The molecule has 0 unspecified atom stereocenters. The van der Waals surface area contributed by atoms with Gasteiger partial charge in [-0.15, -0.1) is 0 Å². The van der Waals surface area contributed by atoms with E-state index in [9.17, 15) is 4.79 Å². The zero-order chi connectivity index (χ0) is 13.0. The normalized spacial score (nSPS) is 33.8. The first-order valence-electron chi connectivity index (χ1n) is 7.90. The van der Waals surface area contributed by atoms with Crippen molar-refractivity contribution in [3.8, 4) is 0 Å². The minimum atomic E-state index is -0.148. The lowest BCUT2D eigenvalue weighted by molar-refractivity contribution is -0.130. The van der Waals surface area contributed by atoms with E-state index in [1.165, 1.54) is 38.5 Å². The minimum absolute atomic E-state index is 0.148. The number of nitrogens with two attached hydrogens (primary N) is 1. The molecule has 0 radical (unpaired) electrons. The van der Waals surface area contributed by atoms with Gasteiger partial charge in [-0.3, -0.25) is 4.79 Å². The second kappa shape index (κ2) is 6.18. The summed E-state index contributed by atoms with van der Waals surface area (Å²) in [4.78, 5) is 12.5. The molecule has 0 heterocycles. The largest absolute Gasteiger partial charge is 0.329 e. The second-order valence-corrected chi connectivity index (χ2v) is 6.78. The van der Waals surface area contributed by atoms with Gasteiger partial charge in [-0.05, 0) is 43.9 Å². The van der Waals surface area contributed by atoms with E-state index in [-0.39, 0.29) is 5.41 Å². The molecule has 0 spiro atoms. The highest BCUT2D eigenvalue weighted by Gasteiger charge is 2.39. The summed E-state index contributed by atoms with van der Waals surface area (Å²) in [6.07, 6.45) is 11.8. The first kappa shape index (κ1) is 14.0. The van der Waals surface area contributed by atoms with Gasteiger partial charge < -0.3 is 5.73 Å². The van der Waals surface area contributed by atoms with Crippen molar-refractivity contribution in [1.29, 1.82) is 0 Å². The van der Waals surface area contributed by atoms with Crippen LogP contribution in [0.4, 0.5) is 0 Å². The van der Waals surface area contributed by atoms with Crippen LogP contribution in [0.15, 0.2) is 0 Å². The Morgan fingerprint density at radius 3 is 2.33 bits per heavy atom. The Hall–Kier alpha value is -0.370. The molecule has 0 aromatic heterocycles. The third kappa shape index (κ3) is 3.14. The van der Waals surface area contributed by atoms with Crippen molar-refractivity contribution >= 4 is 5.78 Å². The highest BCUT2D eigenvalue weighted by molar-refractivity contribution is 5.85. The molecule has 2 aliphatic rings. The predicted molar refractivity (Wildman–Crippen MR) is 75.3 cm³/mol. The number of carbonyl (C=O) groups is 1. The first-order valence-corrected chi connectivity index (χ1v) is 7.90. The van der Waals surface area contributed by atoms with E-state index in [1.54, 1.807) is 0 Å². The van der Waals surface area contributed by atoms with Crippen LogP contribution in [0.1, 0.15) is 71.1 Å². The molecule has 0 atom stereocenters. The molecule has 0 aromatic carbocycles. The number of hydrogen-bond acceptors (Lipinski definition) is 2. The van der Waals surface area contributed by atoms with Gasteiger partial charge in [0.25, 0.3) is 0 Å². The zero-order valence-corrected chi connectivity index (χ0v) is 11.9. The zero-order valence-electron chi connectivity index (χ0n) is 11.9. The van der Waals surface area contributed by atoms with Crippen molar-refractivity contribution in [2.24, 2.45) is 23.0 Å². The van der Waals surface area contributed by atoms with Gasteiger partial charge in [0.1, 0.15) is 5.78 Å². The summed E-state index contributed by atoms with van der Waals surface area (Å²) in [6.45, 7) is 2.87. The van der Waals surface area contributed by atoms with Crippen molar-refractivity contribution in [2.45, 2.75) is 71.1 Å². The average Bonchev–Trinajstić information content (AvgIpc) is 2.90. The molecular formula is C16H29NO. The van der Waals surface area contributed by atoms with Gasteiger partial charge in [-0.25, -0.2) is 0 Å². The van der Waals surface area contributed by atoms with Gasteiger partial charge in [-0.2, -0.15) is 0 Å². The van der Waals surface area contributed by atoms with Crippen LogP contribution in [-0.2, 0) is 4.79 Å². The van der Waals surface area contributed by atoms with E-state index in [0.29, 0.717) is 12.3 Å². The Morgan fingerprint density at radius 2 is 1.78 bits per heavy atom. The van der Waals surface area contributed by atoms with Crippen LogP contribution >= 0.6 is 0 Å². The molecule has 0 amide bonds. The Bertz CT molecular complexity index is 273. The van der Waals surface area contributed by atoms with Gasteiger partial charge in [0.2, 0.25) is 0 Å². The van der Waals surface area contributed by atoms with E-state index in [2.05, 4.69) is 6.92 Å². The number of carbonyl (C=O) groups excluding carboxylic acids is 1. The minimum Gasteiger partial charge on any atom is -0.329 e. The molecule has 2 heteroatoms. The molecule has 0 aliphatic heterocycles. The third-order valence-electron chi connectivity index (χ3n) is 5.47. The predicted octanol–water partition coefficient (Wildman–Crippen LogP) is 3.68. The molecular weight excluding hydrogens is 222 g/mol. The molecule has 0 aromatic rings. The summed E-state index contributed by atoms with van der Waals surface area (Å²) in [5, 5.41) is 0. The van der Waals surface area contributed by atoms with Crippen molar-refractivity contribution < 1.29 is 4.79 Å².